The molecule has 0 saturated heterocycles. The summed E-state index contributed by atoms with van der Waals surface area (Å²) in [5.74, 6) is 1.90. The average Bonchev–Trinajstić information content (AvgIpc) is 3.17. The lowest BCUT2D eigenvalue weighted by atomic mass is 10.3. The third kappa shape index (κ3) is 5.25. The minimum absolute atomic E-state index is 0.155. The molecule has 0 radical (unpaired) electrons. The molecule has 0 aliphatic heterocycles. The van der Waals surface area contributed by atoms with Gasteiger partial charge in [0.25, 0.3) is 0 Å². The molecule has 0 fully saturated rings. The smallest absolute Gasteiger partial charge is 0.234 e. The first-order valence-electron chi connectivity index (χ1n) is 9.43. The van der Waals surface area contributed by atoms with Gasteiger partial charge in [-0.15, -0.1) is 10.2 Å². The summed E-state index contributed by atoms with van der Waals surface area (Å²) in [6.45, 7) is 4.53. The number of thioether (sulfide) groups is 1. The van der Waals surface area contributed by atoms with Crippen LogP contribution in [0.3, 0.4) is 0 Å². The molecule has 7 nitrogen and oxygen atoms in total. The van der Waals surface area contributed by atoms with Gasteiger partial charge in [0.05, 0.1) is 23.6 Å². The van der Waals surface area contributed by atoms with E-state index in [1.54, 1.807) is 25.3 Å². The number of nitrogens with one attached hydrogen (secondary N) is 1. The van der Waals surface area contributed by atoms with Gasteiger partial charge in [0.15, 0.2) is 17.1 Å². The Kier molecular flexibility index (Phi) is 7.59. The highest BCUT2D eigenvalue weighted by Gasteiger charge is 2.20. The van der Waals surface area contributed by atoms with E-state index in [4.69, 9.17) is 21.1 Å². The van der Waals surface area contributed by atoms with Gasteiger partial charge in [-0.25, -0.2) is 0 Å². The zero-order valence-electron chi connectivity index (χ0n) is 17.0. The maximum atomic E-state index is 12.4. The number of rotatable bonds is 9. The molecule has 0 spiro atoms. The van der Waals surface area contributed by atoms with Crippen molar-refractivity contribution in [2.45, 2.75) is 31.7 Å². The maximum absolute atomic E-state index is 12.4. The van der Waals surface area contributed by atoms with E-state index >= 15 is 0 Å². The molecule has 2 aromatic carbocycles. The highest BCUT2D eigenvalue weighted by atomic mass is 35.5. The summed E-state index contributed by atoms with van der Waals surface area (Å²) in [5.41, 5.74) is 0.630. The number of halogens is 1. The lowest BCUT2D eigenvalue weighted by Gasteiger charge is -2.16. The molecular weight excluding hydrogens is 424 g/mol. The fraction of sp³-hybridized carbons (Fsp3) is 0.286. The molecule has 158 valence electrons. The monoisotopic (exact) mass is 446 g/mol. The Labute approximate surface area is 184 Å². The van der Waals surface area contributed by atoms with Crippen molar-refractivity contribution in [3.63, 3.8) is 0 Å². The van der Waals surface area contributed by atoms with Crippen LogP contribution in [0.15, 0.2) is 53.7 Å². The number of methoxy groups -OCH3 is 1. The Morgan fingerprint density at radius 3 is 2.57 bits per heavy atom. The van der Waals surface area contributed by atoms with Crippen molar-refractivity contribution in [2.24, 2.45) is 0 Å². The molecule has 3 aromatic rings. The molecule has 0 aliphatic carbocycles. The Morgan fingerprint density at radius 1 is 1.17 bits per heavy atom. The highest BCUT2D eigenvalue weighted by molar-refractivity contribution is 7.99. The van der Waals surface area contributed by atoms with Crippen LogP contribution in [0.2, 0.25) is 5.02 Å². The third-order valence-corrected chi connectivity index (χ3v) is 5.56. The zero-order valence-corrected chi connectivity index (χ0v) is 18.5. The molecule has 30 heavy (non-hydrogen) atoms. The van der Waals surface area contributed by atoms with Gasteiger partial charge in [0.1, 0.15) is 11.5 Å². The number of amides is 1. The number of carbonyl (C=O) groups is 1. The SMILES string of the molecule is CCn1c(SCC(=O)Nc2ccccc2OC)nnc1[C@@H](C)Oc1ccccc1Cl. The number of anilines is 1. The summed E-state index contributed by atoms with van der Waals surface area (Å²) >= 11 is 7.50. The first-order valence-corrected chi connectivity index (χ1v) is 10.8. The minimum Gasteiger partial charge on any atom is -0.495 e. The average molecular weight is 447 g/mol. The van der Waals surface area contributed by atoms with Crippen LogP contribution >= 0.6 is 23.4 Å². The van der Waals surface area contributed by atoms with Gasteiger partial charge in [-0.05, 0) is 38.1 Å². The normalized spacial score (nSPS) is 11.7. The van der Waals surface area contributed by atoms with E-state index in [-0.39, 0.29) is 17.8 Å². The van der Waals surface area contributed by atoms with E-state index < -0.39 is 0 Å². The zero-order chi connectivity index (χ0) is 21.5. The molecule has 3 rings (SSSR count). The van der Waals surface area contributed by atoms with Crippen molar-refractivity contribution in [3.05, 3.63) is 59.4 Å². The molecule has 0 unspecified atom stereocenters. The van der Waals surface area contributed by atoms with E-state index in [2.05, 4.69) is 15.5 Å². The maximum Gasteiger partial charge on any atom is 0.234 e. The standard InChI is InChI=1S/C21H23ClN4O3S/c1-4-26-20(14(2)29-17-11-7-5-9-15(17)22)24-25-21(26)30-13-19(27)23-16-10-6-8-12-18(16)28-3/h5-12,14H,4,13H2,1-3H3,(H,23,27)/t14-/m1/s1. The van der Waals surface area contributed by atoms with Gasteiger partial charge in [0, 0.05) is 6.54 Å². The number of hydrogen-bond acceptors (Lipinski definition) is 6. The molecule has 9 heteroatoms. The number of para-hydroxylation sites is 3. The fourth-order valence-corrected chi connectivity index (χ4v) is 3.84. The first-order chi connectivity index (χ1) is 14.5. The van der Waals surface area contributed by atoms with Crippen LogP contribution in [0, 0.1) is 0 Å². The number of ether oxygens (including phenoxy) is 2. The van der Waals surface area contributed by atoms with Crippen LogP contribution in [0.1, 0.15) is 25.8 Å². The van der Waals surface area contributed by atoms with Gasteiger partial charge in [0.2, 0.25) is 5.91 Å². The van der Waals surface area contributed by atoms with Crippen LogP contribution in [-0.2, 0) is 11.3 Å². The van der Waals surface area contributed by atoms with Crippen LogP contribution < -0.4 is 14.8 Å². The Bertz CT molecular complexity index is 1010. The second kappa shape index (κ2) is 10.4. The molecule has 1 atom stereocenters. The summed E-state index contributed by atoms with van der Waals surface area (Å²) in [5, 5.41) is 12.6. The predicted octanol–water partition coefficient (Wildman–Crippen LogP) is 4.83. The molecule has 1 heterocycles. The highest BCUT2D eigenvalue weighted by Crippen LogP contribution is 2.29. The number of carbonyl (C=O) groups excluding carboxylic acids is 1. The van der Waals surface area contributed by atoms with E-state index in [0.717, 1.165) is 0 Å². The lowest BCUT2D eigenvalue weighted by molar-refractivity contribution is -0.113. The van der Waals surface area contributed by atoms with Crippen molar-refractivity contribution < 1.29 is 14.3 Å². The quantitative estimate of drug-likeness (QED) is 0.474. The van der Waals surface area contributed by atoms with Crippen molar-refractivity contribution in [3.8, 4) is 11.5 Å². The van der Waals surface area contributed by atoms with Crippen molar-refractivity contribution in [2.75, 3.05) is 18.2 Å². The minimum atomic E-state index is -0.353. The van der Waals surface area contributed by atoms with Crippen molar-refractivity contribution in [1.29, 1.82) is 0 Å². The van der Waals surface area contributed by atoms with Gasteiger partial charge in [-0.3, -0.25) is 4.79 Å². The fourth-order valence-electron chi connectivity index (χ4n) is 2.85. The van der Waals surface area contributed by atoms with Crippen molar-refractivity contribution in [1.82, 2.24) is 14.8 Å². The molecule has 1 amide bonds. The lowest BCUT2D eigenvalue weighted by Crippen LogP contribution is -2.16. The van der Waals surface area contributed by atoms with Gasteiger partial charge >= 0.3 is 0 Å². The molecule has 0 saturated carbocycles. The number of aromatic nitrogens is 3. The van der Waals surface area contributed by atoms with Gasteiger partial charge < -0.3 is 19.4 Å². The van der Waals surface area contributed by atoms with E-state index in [1.165, 1.54) is 11.8 Å². The third-order valence-electron chi connectivity index (χ3n) is 4.28. The van der Waals surface area contributed by atoms with Crippen molar-refractivity contribution >= 4 is 35.0 Å². The number of nitrogens with zero attached hydrogens (tertiary/aromatic N) is 3. The van der Waals surface area contributed by atoms with E-state index in [0.29, 0.717) is 39.7 Å². The molecule has 0 aliphatic rings. The molecular formula is C21H23ClN4O3S. The van der Waals surface area contributed by atoms with Crippen LogP contribution in [0.25, 0.3) is 0 Å². The summed E-state index contributed by atoms with van der Waals surface area (Å²) in [7, 11) is 1.57. The van der Waals surface area contributed by atoms with Crippen LogP contribution in [0.4, 0.5) is 5.69 Å². The van der Waals surface area contributed by atoms with Gasteiger partial charge in [-0.1, -0.05) is 47.6 Å². The summed E-state index contributed by atoms with van der Waals surface area (Å²) in [6, 6.07) is 14.6. The Hall–Kier alpha value is -2.71. The molecule has 1 N–H and O–H groups in total. The topological polar surface area (TPSA) is 78.3 Å². The largest absolute Gasteiger partial charge is 0.495 e. The number of benzene rings is 2. The Morgan fingerprint density at radius 2 is 1.87 bits per heavy atom. The van der Waals surface area contributed by atoms with Crippen LogP contribution in [-0.4, -0.2) is 33.5 Å². The first kappa shape index (κ1) is 22.0. The summed E-state index contributed by atoms with van der Waals surface area (Å²) in [4.78, 5) is 12.4. The van der Waals surface area contributed by atoms with E-state index in [9.17, 15) is 4.79 Å². The molecule has 1 aromatic heterocycles. The predicted molar refractivity (Wildman–Crippen MR) is 119 cm³/mol. The second-order valence-corrected chi connectivity index (χ2v) is 7.66. The Balaban J connectivity index is 1.65. The van der Waals surface area contributed by atoms with E-state index in [1.807, 2.05) is 48.7 Å². The summed E-state index contributed by atoms with van der Waals surface area (Å²) in [6.07, 6.45) is -0.353. The number of hydrogen-bond donors (Lipinski definition) is 1. The summed E-state index contributed by atoms with van der Waals surface area (Å²) < 4.78 is 13.2. The van der Waals surface area contributed by atoms with Gasteiger partial charge in [-0.2, -0.15) is 0 Å². The second-order valence-electron chi connectivity index (χ2n) is 6.31. The van der Waals surface area contributed by atoms with Crippen LogP contribution in [0.5, 0.6) is 11.5 Å². The molecule has 0 bridgehead atoms.